The van der Waals surface area contributed by atoms with E-state index in [1.807, 2.05) is 6.08 Å². The van der Waals surface area contributed by atoms with Crippen LogP contribution in [0.15, 0.2) is 65.2 Å². The van der Waals surface area contributed by atoms with Crippen molar-refractivity contribution >= 4 is 29.2 Å². The third-order valence-corrected chi connectivity index (χ3v) is 8.28. The maximum atomic E-state index is 6.26. The van der Waals surface area contributed by atoms with Crippen molar-refractivity contribution in [2.24, 2.45) is 5.41 Å². The molecule has 2 aromatic carbocycles. The van der Waals surface area contributed by atoms with E-state index in [1.165, 1.54) is 10.8 Å². The Balaban J connectivity index is 1.94. The normalized spacial score (nSPS) is 12.1. The van der Waals surface area contributed by atoms with Crippen LogP contribution in [0.1, 0.15) is 33.3 Å². The highest BCUT2D eigenvalue weighted by molar-refractivity contribution is 9.10. The van der Waals surface area contributed by atoms with E-state index >= 15 is 0 Å². The van der Waals surface area contributed by atoms with Gasteiger partial charge < -0.3 is 4.74 Å². The fourth-order valence-electron chi connectivity index (χ4n) is 3.06. The third kappa shape index (κ3) is 9.47. The van der Waals surface area contributed by atoms with Gasteiger partial charge in [0.15, 0.2) is 0 Å². The minimum Gasteiger partial charge on any atom is -0.497 e. The molecule has 0 heterocycles. The molecule has 0 saturated carbocycles. The lowest BCUT2D eigenvalue weighted by molar-refractivity contribution is 0.310. The van der Waals surface area contributed by atoms with Gasteiger partial charge in [-0.2, -0.15) is 0 Å². The standard InChI is InChI=1S/C27H36BrNOSi/c1-7-29(19-10-8-9-18-27(2,3)4)21-23-12-11-13-25(20-23)30-22-31(5,6)26-16-14-24(28)15-17-26/h8,10-17,20H,7,19,21-22H2,1-6H3/b10-8+. The zero-order valence-electron chi connectivity index (χ0n) is 19.8. The lowest BCUT2D eigenvalue weighted by Gasteiger charge is -2.24. The van der Waals surface area contributed by atoms with Gasteiger partial charge in [0, 0.05) is 23.0 Å². The third-order valence-electron chi connectivity index (χ3n) is 4.99. The minimum absolute atomic E-state index is 0.0456. The van der Waals surface area contributed by atoms with Crippen LogP contribution in [0.4, 0.5) is 0 Å². The second-order valence-corrected chi connectivity index (χ2v) is 15.1. The smallest absolute Gasteiger partial charge is 0.124 e. The van der Waals surface area contributed by atoms with E-state index in [-0.39, 0.29) is 5.41 Å². The number of rotatable bonds is 9. The molecule has 2 aromatic rings. The Morgan fingerprint density at radius 1 is 1.10 bits per heavy atom. The Morgan fingerprint density at radius 2 is 1.81 bits per heavy atom. The van der Waals surface area contributed by atoms with E-state index in [0.717, 1.165) is 36.1 Å². The molecule has 0 aliphatic rings. The van der Waals surface area contributed by atoms with E-state index in [9.17, 15) is 0 Å². The summed E-state index contributed by atoms with van der Waals surface area (Å²) >= 11 is 3.52. The molecule has 166 valence electrons. The first-order valence-corrected chi connectivity index (χ1v) is 15.0. The summed E-state index contributed by atoms with van der Waals surface area (Å²) in [4.78, 5) is 2.40. The summed E-state index contributed by atoms with van der Waals surface area (Å²) < 4.78 is 7.37. The number of likely N-dealkylation sites (N-methyl/N-ethyl adjacent to an activating group) is 1. The van der Waals surface area contributed by atoms with Gasteiger partial charge in [0.05, 0.1) is 6.23 Å². The molecule has 0 aliphatic carbocycles. The largest absolute Gasteiger partial charge is 0.497 e. The Bertz CT molecular complexity index is 917. The van der Waals surface area contributed by atoms with Gasteiger partial charge in [0.1, 0.15) is 13.8 Å². The molecule has 0 saturated heterocycles. The molecule has 0 unspecified atom stereocenters. The highest BCUT2D eigenvalue weighted by Gasteiger charge is 2.24. The van der Waals surface area contributed by atoms with Crippen LogP contribution in [-0.2, 0) is 6.54 Å². The molecule has 0 atom stereocenters. The first-order chi connectivity index (χ1) is 14.6. The van der Waals surface area contributed by atoms with Crippen molar-refractivity contribution in [1.82, 2.24) is 4.90 Å². The van der Waals surface area contributed by atoms with Gasteiger partial charge in [-0.3, -0.25) is 4.90 Å². The van der Waals surface area contributed by atoms with Crippen LogP contribution >= 0.6 is 15.9 Å². The average Bonchev–Trinajstić information content (AvgIpc) is 2.71. The van der Waals surface area contributed by atoms with Crippen LogP contribution in [0.5, 0.6) is 5.75 Å². The highest BCUT2D eigenvalue weighted by atomic mass is 79.9. The summed E-state index contributed by atoms with van der Waals surface area (Å²) in [5, 5.41) is 1.41. The minimum atomic E-state index is -1.66. The molecule has 0 amide bonds. The zero-order valence-corrected chi connectivity index (χ0v) is 22.4. The van der Waals surface area contributed by atoms with Gasteiger partial charge in [-0.15, -0.1) is 0 Å². The second kappa shape index (κ2) is 11.7. The fourth-order valence-corrected chi connectivity index (χ4v) is 5.09. The maximum absolute atomic E-state index is 6.26. The molecule has 2 nitrogen and oxygen atoms in total. The number of allylic oxidation sites excluding steroid dienone is 1. The molecular weight excluding hydrogens is 462 g/mol. The number of ether oxygens (including phenoxy) is 1. The fraction of sp³-hybridized carbons (Fsp3) is 0.407. The average molecular weight is 499 g/mol. The number of hydrogen-bond acceptors (Lipinski definition) is 2. The van der Waals surface area contributed by atoms with Crippen molar-refractivity contribution in [3.63, 3.8) is 0 Å². The van der Waals surface area contributed by atoms with Crippen LogP contribution in [0, 0.1) is 17.3 Å². The summed E-state index contributed by atoms with van der Waals surface area (Å²) in [7, 11) is -1.66. The van der Waals surface area contributed by atoms with Crippen LogP contribution in [0.3, 0.4) is 0 Å². The van der Waals surface area contributed by atoms with Crippen molar-refractivity contribution < 1.29 is 4.74 Å². The van der Waals surface area contributed by atoms with Crippen molar-refractivity contribution in [3.05, 3.63) is 70.7 Å². The van der Waals surface area contributed by atoms with E-state index in [2.05, 4.69) is 128 Å². The quantitative estimate of drug-likeness (QED) is 0.293. The Morgan fingerprint density at radius 3 is 2.45 bits per heavy atom. The molecule has 0 fully saturated rings. The van der Waals surface area contributed by atoms with Crippen LogP contribution in [-0.4, -0.2) is 32.3 Å². The molecule has 0 aliphatic heterocycles. The molecule has 0 aromatic heterocycles. The molecule has 2 rings (SSSR count). The lowest BCUT2D eigenvalue weighted by Crippen LogP contribution is -2.47. The zero-order chi connectivity index (χ0) is 22.9. The van der Waals surface area contributed by atoms with E-state index < -0.39 is 8.07 Å². The van der Waals surface area contributed by atoms with Crippen molar-refractivity contribution in [2.45, 2.75) is 47.3 Å². The van der Waals surface area contributed by atoms with Crippen LogP contribution in [0.2, 0.25) is 13.1 Å². The van der Waals surface area contributed by atoms with E-state index in [4.69, 9.17) is 4.74 Å². The predicted molar refractivity (Wildman–Crippen MR) is 141 cm³/mol. The molecule has 31 heavy (non-hydrogen) atoms. The number of halogens is 1. The summed E-state index contributed by atoms with van der Waals surface area (Å²) in [5.41, 5.74) is 1.32. The lowest BCUT2D eigenvalue weighted by atomic mass is 9.98. The van der Waals surface area contributed by atoms with Gasteiger partial charge >= 0.3 is 0 Å². The highest BCUT2D eigenvalue weighted by Crippen LogP contribution is 2.17. The Hall–Kier alpha value is -1.80. The SMILES string of the molecule is CCN(C/C=C/C#CC(C)(C)C)Cc1cccc(OC[Si](C)(C)c2ccc(Br)cc2)c1. The van der Waals surface area contributed by atoms with E-state index in [0.29, 0.717) is 0 Å². The molecule has 0 N–H and O–H groups in total. The van der Waals surface area contributed by atoms with E-state index in [1.54, 1.807) is 0 Å². The topological polar surface area (TPSA) is 12.5 Å². The van der Waals surface area contributed by atoms with Crippen LogP contribution < -0.4 is 9.92 Å². The predicted octanol–water partition coefficient (Wildman–Crippen LogP) is 6.41. The van der Waals surface area contributed by atoms with Crippen molar-refractivity contribution in [2.75, 3.05) is 19.3 Å². The van der Waals surface area contributed by atoms with Gasteiger partial charge in [0.2, 0.25) is 0 Å². The molecule has 4 heteroatoms. The first kappa shape index (κ1) is 25.5. The number of benzene rings is 2. The summed E-state index contributed by atoms with van der Waals surface area (Å²) in [6.07, 6.45) is 4.89. The summed E-state index contributed by atoms with van der Waals surface area (Å²) in [6.45, 7) is 16.1. The summed E-state index contributed by atoms with van der Waals surface area (Å²) in [6, 6.07) is 17.2. The Kier molecular flexibility index (Phi) is 9.62. The first-order valence-electron chi connectivity index (χ1n) is 11.0. The number of nitrogens with zero attached hydrogens (tertiary/aromatic N) is 1. The molecule has 0 radical (unpaired) electrons. The Labute approximate surface area is 198 Å². The van der Waals surface area contributed by atoms with Crippen LogP contribution in [0.25, 0.3) is 0 Å². The molecular formula is C27H36BrNOSi. The van der Waals surface area contributed by atoms with Gasteiger partial charge in [0.25, 0.3) is 0 Å². The van der Waals surface area contributed by atoms with Crippen molar-refractivity contribution in [1.29, 1.82) is 0 Å². The van der Waals surface area contributed by atoms with Gasteiger partial charge in [-0.05, 0) is 63.2 Å². The monoisotopic (exact) mass is 497 g/mol. The number of hydrogen-bond donors (Lipinski definition) is 0. The maximum Gasteiger partial charge on any atom is 0.124 e. The second-order valence-electron chi connectivity index (χ2n) is 9.58. The summed E-state index contributed by atoms with van der Waals surface area (Å²) in [5.74, 6) is 7.35. The molecule has 0 bridgehead atoms. The van der Waals surface area contributed by atoms with Gasteiger partial charge in [-0.1, -0.05) is 83.3 Å². The molecule has 0 spiro atoms. The van der Waals surface area contributed by atoms with Gasteiger partial charge in [-0.25, -0.2) is 0 Å². The van der Waals surface area contributed by atoms with Crippen molar-refractivity contribution in [3.8, 4) is 17.6 Å².